The number of nitrogens with zero attached hydrogens (tertiary/aromatic N) is 2. The summed E-state index contributed by atoms with van der Waals surface area (Å²) in [5.41, 5.74) is 3.13. The van der Waals surface area contributed by atoms with Crippen LogP contribution in [0.1, 0.15) is 5.56 Å². The van der Waals surface area contributed by atoms with Gasteiger partial charge in [0, 0.05) is 22.4 Å². The average Bonchev–Trinajstić information content (AvgIpc) is 2.33. The molecule has 0 fully saturated rings. The molecule has 0 aliphatic heterocycles. The van der Waals surface area contributed by atoms with Crippen molar-refractivity contribution in [3.8, 4) is 0 Å². The molecule has 2 aromatic rings. The zero-order valence-corrected chi connectivity index (χ0v) is 7.41. The Balaban J connectivity index is 0.000000605. The van der Waals surface area contributed by atoms with Crippen molar-refractivity contribution in [1.29, 1.82) is 0 Å². The molecule has 3 nitrogen and oxygen atoms in total. The first kappa shape index (κ1) is 8.46. The van der Waals surface area contributed by atoms with Gasteiger partial charge >= 0.3 is 0 Å². The fourth-order valence-electron chi connectivity index (χ4n) is 0.952. The first-order valence-corrected chi connectivity index (χ1v) is 3.14. The standard InChI is InChI=1S/C7H7N3.Ag/c1-5-2-3-6-7(4-5)9-10-8-6;/h2-4H,1H3,(H,8,9,10);. The second kappa shape index (κ2) is 3.17. The van der Waals surface area contributed by atoms with E-state index in [1.165, 1.54) is 5.56 Å². The molecular weight excluding hydrogens is 234 g/mol. The summed E-state index contributed by atoms with van der Waals surface area (Å²) in [6.07, 6.45) is 0. The molecule has 0 spiro atoms. The van der Waals surface area contributed by atoms with Crippen LogP contribution in [0.3, 0.4) is 0 Å². The van der Waals surface area contributed by atoms with Gasteiger partial charge in [0.2, 0.25) is 0 Å². The number of nitrogens with one attached hydrogen (secondary N) is 1. The second-order valence-corrected chi connectivity index (χ2v) is 2.33. The maximum absolute atomic E-state index is 3.87. The molecule has 1 N–H and O–H groups in total. The molecule has 0 aliphatic carbocycles. The van der Waals surface area contributed by atoms with E-state index in [2.05, 4.69) is 15.4 Å². The molecule has 0 amide bonds. The molecule has 0 aliphatic rings. The van der Waals surface area contributed by atoms with E-state index in [1.54, 1.807) is 0 Å². The number of hydrogen-bond acceptors (Lipinski definition) is 2. The number of hydrogen-bond donors (Lipinski definition) is 1. The molecule has 0 saturated carbocycles. The summed E-state index contributed by atoms with van der Waals surface area (Å²) in [6.45, 7) is 2.04. The monoisotopic (exact) mass is 240 g/mol. The average molecular weight is 241 g/mol. The molecule has 4 heteroatoms. The van der Waals surface area contributed by atoms with Gasteiger partial charge in [-0.3, -0.25) is 5.10 Å². The van der Waals surface area contributed by atoms with E-state index in [1.807, 2.05) is 25.1 Å². The molecule has 61 valence electrons. The van der Waals surface area contributed by atoms with Gasteiger partial charge < -0.3 is 0 Å². The van der Waals surface area contributed by atoms with Crippen molar-refractivity contribution >= 4 is 11.0 Å². The summed E-state index contributed by atoms with van der Waals surface area (Å²) in [7, 11) is 0. The Labute approximate surface area is 79.7 Å². The van der Waals surface area contributed by atoms with Gasteiger partial charge in [-0.05, 0) is 24.6 Å². The molecule has 1 aromatic heterocycles. The molecule has 0 bridgehead atoms. The van der Waals surface area contributed by atoms with E-state index < -0.39 is 0 Å². The zero-order chi connectivity index (χ0) is 6.97. The van der Waals surface area contributed by atoms with Crippen molar-refractivity contribution in [2.75, 3.05) is 0 Å². The van der Waals surface area contributed by atoms with E-state index in [0.29, 0.717) is 0 Å². The fourth-order valence-corrected chi connectivity index (χ4v) is 0.952. The van der Waals surface area contributed by atoms with Crippen LogP contribution in [0.25, 0.3) is 11.0 Å². The molecule has 1 heterocycles. The Morgan fingerprint density at radius 3 is 3.00 bits per heavy atom. The minimum atomic E-state index is 0. The summed E-state index contributed by atoms with van der Waals surface area (Å²) >= 11 is 0. The van der Waals surface area contributed by atoms with E-state index >= 15 is 0 Å². The fraction of sp³-hybridized carbons (Fsp3) is 0.143. The summed E-state index contributed by atoms with van der Waals surface area (Å²) < 4.78 is 0. The van der Waals surface area contributed by atoms with E-state index in [4.69, 9.17) is 0 Å². The van der Waals surface area contributed by atoms with E-state index in [-0.39, 0.29) is 22.4 Å². The van der Waals surface area contributed by atoms with Gasteiger partial charge in [-0.25, -0.2) is 0 Å². The predicted octanol–water partition coefficient (Wildman–Crippen LogP) is 1.26. The Bertz CT molecular complexity index is 355. The molecule has 2 rings (SSSR count). The van der Waals surface area contributed by atoms with Crippen molar-refractivity contribution in [2.24, 2.45) is 0 Å². The van der Waals surface area contributed by atoms with Gasteiger partial charge in [0.25, 0.3) is 0 Å². The van der Waals surface area contributed by atoms with E-state index in [0.717, 1.165) is 11.0 Å². The molecular formula is C7H7AgN3. The predicted molar refractivity (Wildman–Crippen MR) is 38.6 cm³/mol. The number of aryl methyl sites for hydroxylation is 1. The molecule has 0 unspecified atom stereocenters. The van der Waals surface area contributed by atoms with Crippen LogP contribution in [0.15, 0.2) is 18.2 Å². The Hall–Kier alpha value is -0.640. The maximum atomic E-state index is 3.87. The number of rotatable bonds is 0. The van der Waals surface area contributed by atoms with Crippen molar-refractivity contribution in [3.63, 3.8) is 0 Å². The third-order valence-corrected chi connectivity index (χ3v) is 1.48. The normalized spacial score (nSPS) is 9.55. The summed E-state index contributed by atoms with van der Waals surface area (Å²) in [6, 6.07) is 6.01. The van der Waals surface area contributed by atoms with Gasteiger partial charge in [-0.1, -0.05) is 11.3 Å². The summed E-state index contributed by atoms with van der Waals surface area (Å²) in [5, 5.41) is 10.3. The Kier molecular flexibility index (Phi) is 2.44. The molecule has 1 radical (unpaired) electrons. The van der Waals surface area contributed by atoms with Crippen LogP contribution in [0, 0.1) is 6.92 Å². The first-order chi connectivity index (χ1) is 4.86. The van der Waals surface area contributed by atoms with Crippen LogP contribution in [0.2, 0.25) is 0 Å². The van der Waals surface area contributed by atoms with Gasteiger partial charge in [0.05, 0.1) is 5.52 Å². The third kappa shape index (κ3) is 1.50. The maximum Gasteiger partial charge on any atom is 0.113 e. The minimum Gasteiger partial charge on any atom is -0.258 e. The minimum absolute atomic E-state index is 0. The SMILES string of the molecule is Cc1ccc2[nH]nnc2c1.[Ag]. The molecule has 0 saturated heterocycles. The Morgan fingerprint density at radius 1 is 1.36 bits per heavy atom. The second-order valence-electron chi connectivity index (χ2n) is 2.33. The number of aromatic amines is 1. The topological polar surface area (TPSA) is 41.6 Å². The summed E-state index contributed by atoms with van der Waals surface area (Å²) in [5.74, 6) is 0. The van der Waals surface area contributed by atoms with Gasteiger partial charge in [-0.15, -0.1) is 5.10 Å². The van der Waals surface area contributed by atoms with Crippen LogP contribution in [-0.2, 0) is 22.4 Å². The summed E-state index contributed by atoms with van der Waals surface area (Å²) in [4.78, 5) is 0. The first-order valence-electron chi connectivity index (χ1n) is 3.14. The van der Waals surface area contributed by atoms with Crippen LogP contribution >= 0.6 is 0 Å². The van der Waals surface area contributed by atoms with Gasteiger partial charge in [0.15, 0.2) is 0 Å². The van der Waals surface area contributed by atoms with Gasteiger partial charge in [-0.2, -0.15) is 0 Å². The number of fused-ring (bicyclic) bond motifs is 1. The quantitative estimate of drug-likeness (QED) is 0.705. The third-order valence-electron chi connectivity index (χ3n) is 1.48. The van der Waals surface area contributed by atoms with E-state index in [9.17, 15) is 0 Å². The number of benzene rings is 1. The largest absolute Gasteiger partial charge is 0.258 e. The van der Waals surface area contributed by atoms with Crippen molar-refractivity contribution < 1.29 is 22.4 Å². The number of aromatic nitrogens is 3. The van der Waals surface area contributed by atoms with Crippen molar-refractivity contribution in [1.82, 2.24) is 15.4 Å². The zero-order valence-electron chi connectivity index (χ0n) is 5.93. The van der Waals surface area contributed by atoms with Gasteiger partial charge in [0.1, 0.15) is 5.52 Å². The molecule has 0 atom stereocenters. The van der Waals surface area contributed by atoms with Crippen LogP contribution < -0.4 is 0 Å². The van der Waals surface area contributed by atoms with Crippen LogP contribution in [0.5, 0.6) is 0 Å². The van der Waals surface area contributed by atoms with Crippen LogP contribution in [0.4, 0.5) is 0 Å². The van der Waals surface area contributed by atoms with Crippen molar-refractivity contribution in [3.05, 3.63) is 23.8 Å². The number of H-pyrrole nitrogens is 1. The Morgan fingerprint density at radius 2 is 2.18 bits per heavy atom. The smallest absolute Gasteiger partial charge is 0.113 e. The van der Waals surface area contributed by atoms with Crippen molar-refractivity contribution in [2.45, 2.75) is 6.92 Å². The molecule has 1 aromatic carbocycles. The molecule has 11 heavy (non-hydrogen) atoms. The van der Waals surface area contributed by atoms with Crippen LogP contribution in [-0.4, -0.2) is 15.4 Å².